The van der Waals surface area contributed by atoms with Crippen LogP contribution in [0.3, 0.4) is 0 Å². The Kier molecular flexibility index (Phi) is 3.28. The molecule has 102 valence electrons. The van der Waals surface area contributed by atoms with Crippen LogP contribution in [0.4, 0.5) is 10.1 Å². The molecule has 0 bridgehead atoms. The number of ether oxygens (including phenoxy) is 1. The number of hydrogen-bond donors (Lipinski definition) is 0. The number of hydrogen-bond acceptors (Lipinski definition) is 3. The normalized spacial score (nSPS) is 13.6. The number of aromatic nitrogens is 1. The van der Waals surface area contributed by atoms with Crippen LogP contribution in [0.1, 0.15) is 10.4 Å². The van der Waals surface area contributed by atoms with E-state index in [9.17, 15) is 9.18 Å². The van der Waals surface area contributed by atoms with Gasteiger partial charge in [0.2, 0.25) is 0 Å². The first-order valence-corrected chi connectivity index (χ1v) is 6.38. The van der Waals surface area contributed by atoms with Gasteiger partial charge in [0.05, 0.1) is 17.8 Å². The first kappa shape index (κ1) is 12.9. The highest BCUT2D eigenvalue weighted by atomic mass is 35.5. The number of nitrogens with zero attached hydrogens (tertiary/aromatic N) is 2. The summed E-state index contributed by atoms with van der Waals surface area (Å²) < 4.78 is 18.9. The molecular formula is C14H10ClFN2O2. The van der Waals surface area contributed by atoms with Crippen molar-refractivity contribution in [3.05, 3.63) is 53.1 Å². The Morgan fingerprint density at radius 2 is 2.25 bits per heavy atom. The molecule has 0 saturated carbocycles. The van der Waals surface area contributed by atoms with Gasteiger partial charge in [-0.15, -0.1) is 0 Å². The van der Waals surface area contributed by atoms with Crippen LogP contribution in [0.15, 0.2) is 36.7 Å². The predicted molar refractivity (Wildman–Crippen MR) is 72.8 cm³/mol. The zero-order valence-electron chi connectivity index (χ0n) is 10.3. The van der Waals surface area contributed by atoms with E-state index in [0.29, 0.717) is 24.6 Å². The van der Waals surface area contributed by atoms with E-state index in [1.807, 2.05) is 0 Å². The van der Waals surface area contributed by atoms with Gasteiger partial charge < -0.3 is 9.64 Å². The number of pyridine rings is 1. The molecule has 0 unspecified atom stereocenters. The van der Waals surface area contributed by atoms with Crippen LogP contribution in [0, 0.1) is 5.82 Å². The van der Waals surface area contributed by atoms with Crippen molar-refractivity contribution >= 4 is 23.2 Å². The fraction of sp³-hybridized carbons (Fsp3) is 0.143. The number of carbonyl (C=O) groups is 1. The van der Waals surface area contributed by atoms with Gasteiger partial charge in [-0.25, -0.2) is 4.39 Å². The summed E-state index contributed by atoms with van der Waals surface area (Å²) in [5.74, 6) is -0.329. The molecule has 6 heteroatoms. The lowest BCUT2D eigenvalue weighted by molar-refractivity contribution is 0.0976. The molecule has 1 aromatic heterocycles. The van der Waals surface area contributed by atoms with E-state index in [1.165, 1.54) is 17.0 Å². The van der Waals surface area contributed by atoms with E-state index in [0.717, 1.165) is 6.07 Å². The summed E-state index contributed by atoms with van der Waals surface area (Å²) in [7, 11) is 0. The smallest absolute Gasteiger partial charge is 0.258 e. The third-order valence-electron chi connectivity index (χ3n) is 3.04. The number of benzene rings is 1. The Bertz CT molecular complexity index is 678. The summed E-state index contributed by atoms with van der Waals surface area (Å²) in [5.41, 5.74) is 0.822. The minimum atomic E-state index is -0.614. The highest BCUT2D eigenvalue weighted by Crippen LogP contribution is 2.31. The molecule has 1 aliphatic heterocycles. The van der Waals surface area contributed by atoms with Crippen LogP contribution >= 0.6 is 11.6 Å². The van der Waals surface area contributed by atoms with Gasteiger partial charge in [-0.1, -0.05) is 11.6 Å². The lowest BCUT2D eigenvalue weighted by Crippen LogP contribution is -2.38. The third-order valence-corrected chi connectivity index (χ3v) is 3.34. The zero-order chi connectivity index (χ0) is 14.1. The average molecular weight is 293 g/mol. The fourth-order valence-electron chi connectivity index (χ4n) is 2.06. The van der Waals surface area contributed by atoms with Crippen molar-refractivity contribution in [2.45, 2.75) is 0 Å². The lowest BCUT2D eigenvalue weighted by atomic mass is 10.1. The SMILES string of the molecule is O=C(c1ccc(Cl)c(F)c1)N1CCOc2ccncc21. The zero-order valence-corrected chi connectivity index (χ0v) is 11.1. The molecular weight excluding hydrogens is 283 g/mol. The van der Waals surface area contributed by atoms with Gasteiger partial charge in [-0.3, -0.25) is 9.78 Å². The number of carbonyl (C=O) groups excluding carboxylic acids is 1. The maximum Gasteiger partial charge on any atom is 0.258 e. The summed E-state index contributed by atoms with van der Waals surface area (Å²) in [6.07, 6.45) is 3.15. The molecule has 0 atom stereocenters. The first-order valence-electron chi connectivity index (χ1n) is 6.00. The van der Waals surface area contributed by atoms with Crippen LogP contribution < -0.4 is 9.64 Å². The van der Waals surface area contributed by atoms with Crippen LogP contribution in [-0.4, -0.2) is 24.0 Å². The monoisotopic (exact) mass is 292 g/mol. The van der Waals surface area contributed by atoms with Crippen molar-refractivity contribution in [1.29, 1.82) is 0 Å². The van der Waals surface area contributed by atoms with E-state index >= 15 is 0 Å². The predicted octanol–water partition coefficient (Wildman–Crippen LogP) is 2.91. The quantitative estimate of drug-likeness (QED) is 0.811. The fourth-order valence-corrected chi connectivity index (χ4v) is 2.18. The van der Waals surface area contributed by atoms with Crippen molar-refractivity contribution in [3.8, 4) is 5.75 Å². The van der Waals surface area contributed by atoms with Crippen LogP contribution in [-0.2, 0) is 0 Å². The molecule has 0 spiro atoms. The van der Waals surface area contributed by atoms with Crippen molar-refractivity contribution in [2.24, 2.45) is 0 Å². The van der Waals surface area contributed by atoms with Crippen molar-refractivity contribution < 1.29 is 13.9 Å². The van der Waals surface area contributed by atoms with E-state index in [-0.39, 0.29) is 16.5 Å². The second-order valence-corrected chi connectivity index (χ2v) is 4.68. The molecule has 0 fully saturated rings. The molecule has 0 aliphatic carbocycles. The maximum absolute atomic E-state index is 13.5. The largest absolute Gasteiger partial charge is 0.489 e. The minimum absolute atomic E-state index is 0.00871. The molecule has 0 saturated heterocycles. The molecule has 0 N–H and O–H groups in total. The molecule has 0 radical (unpaired) electrons. The Morgan fingerprint density at radius 3 is 3.05 bits per heavy atom. The number of halogens is 2. The number of amides is 1. The summed E-state index contributed by atoms with van der Waals surface area (Å²) in [6.45, 7) is 0.778. The molecule has 1 aliphatic rings. The van der Waals surface area contributed by atoms with Gasteiger partial charge in [0, 0.05) is 17.8 Å². The summed E-state index contributed by atoms with van der Waals surface area (Å²) in [6, 6.07) is 5.70. The van der Waals surface area contributed by atoms with Gasteiger partial charge in [0.25, 0.3) is 5.91 Å². The van der Waals surface area contributed by atoms with Crippen LogP contribution in [0.5, 0.6) is 5.75 Å². The summed E-state index contributed by atoms with van der Waals surface area (Å²) in [4.78, 5) is 18.0. The molecule has 2 aromatic rings. The highest BCUT2D eigenvalue weighted by Gasteiger charge is 2.25. The Balaban J connectivity index is 1.97. The molecule has 1 aromatic carbocycles. The molecule has 3 rings (SSSR count). The van der Waals surface area contributed by atoms with Crippen molar-refractivity contribution in [3.63, 3.8) is 0 Å². The Labute approximate surface area is 119 Å². The molecule has 20 heavy (non-hydrogen) atoms. The molecule has 4 nitrogen and oxygen atoms in total. The minimum Gasteiger partial charge on any atom is -0.489 e. The van der Waals surface area contributed by atoms with Gasteiger partial charge in [0.15, 0.2) is 0 Å². The average Bonchev–Trinajstić information content (AvgIpc) is 2.49. The third kappa shape index (κ3) is 2.20. The standard InChI is InChI=1S/C14H10ClFN2O2/c15-10-2-1-9(7-11(10)16)14(19)18-5-6-20-13-3-4-17-8-12(13)18/h1-4,7-8H,5-6H2. The number of fused-ring (bicyclic) bond motifs is 1. The van der Waals surface area contributed by atoms with E-state index in [4.69, 9.17) is 16.3 Å². The van der Waals surface area contributed by atoms with Crippen LogP contribution in [0.25, 0.3) is 0 Å². The van der Waals surface area contributed by atoms with Gasteiger partial charge in [-0.05, 0) is 18.2 Å². The highest BCUT2D eigenvalue weighted by molar-refractivity contribution is 6.30. The van der Waals surface area contributed by atoms with E-state index in [2.05, 4.69) is 4.98 Å². The summed E-state index contributed by atoms with van der Waals surface area (Å²) >= 11 is 5.62. The van der Waals surface area contributed by atoms with Crippen LogP contribution in [0.2, 0.25) is 5.02 Å². The van der Waals surface area contributed by atoms with E-state index in [1.54, 1.807) is 18.5 Å². The van der Waals surface area contributed by atoms with Gasteiger partial charge >= 0.3 is 0 Å². The van der Waals surface area contributed by atoms with Gasteiger partial charge in [-0.2, -0.15) is 0 Å². The summed E-state index contributed by atoms with van der Waals surface area (Å²) in [5, 5.41) is -0.00871. The molecule has 2 heterocycles. The Hall–Kier alpha value is -2.14. The second kappa shape index (κ2) is 5.09. The van der Waals surface area contributed by atoms with E-state index < -0.39 is 5.82 Å². The van der Waals surface area contributed by atoms with Crippen molar-refractivity contribution in [1.82, 2.24) is 4.98 Å². The van der Waals surface area contributed by atoms with Gasteiger partial charge in [0.1, 0.15) is 23.9 Å². The number of anilines is 1. The molecule has 1 amide bonds. The first-order chi connectivity index (χ1) is 9.66. The second-order valence-electron chi connectivity index (χ2n) is 4.28. The van der Waals surface area contributed by atoms with Crippen molar-refractivity contribution in [2.75, 3.05) is 18.1 Å². The number of rotatable bonds is 1. The Morgan fingerprint density at radius 1 is 1.40 bits per heavy atom. The maximum atomic E-state index is 13.5. The topological polar surface area (TPSA) is 42.4 Å². The lowest BCUT2D eigenvalue weighted by Gasteiger charge is -2.29.